The van der Waals surface area contributed by atoms with Crippen LogP contribution in [-0.4, -0.2) is 38.1 Å². The number of tetrazole rings is 1. The zero-order valence-corrected chi connectivity index (χ0v) is 14.9. The number of aryl methyl sites for hydroxylation is 1. The number of ether oxygens (including phenoxy) is 1. The van der Waals surface area contributed by atoms with Crippen molar-refractivity contribution in [1.82, 2.24) is 20.2 Å². The Morgan fingerprint density at radius 1 is 1.36 bits per heavy atom. The van der Waals surface area contributed by atoms with Crippen molar-refractivity contribution < 1.29 is 18.8 Å². The molecule has 10 nitrogen and oxygen atoms in total. The van der Waals surface area contributed by atoms with Crippen molar-refractivity contribution >= 4 is 17.3 Å². The molecule has 1 amide bonds. The summed E-state index contributed by atoms with van der Waals surface area (Å²) in [6, 6.07) is 8.37. The number of carbonyl (C=O) groups excluding carboxylic acids is 1. The van der Waals surface area contributed by atoms with Gasteiger partial charge in [-0.2, -0.15) is 4.80 Å². The van der Waals surface area contributed by atoms with Gasteiger partial charge in [0.15, 0.2) is 5.75 Å². The molecule has 11 heteroatoms. The van der Waals surface area contributed by atoms with Crippen molar-refractivity contribution in [3.8, 4) is 17.1 Å². The van der Waals surface area contributed by atoms with E-state index in [4.69, 9.17) is 4.74 Å². The van der Waals surface area contributed by atoms with E-state index in [0.29, 0.717) is 16.8 Å². The van der Waals surface area contributed by atoms with Gasteiger partial charge in [0.25, 0.3) is 0 Å². The molecule has 3 aromatic rings. The minimum atomic E-state index is -0.565. The van der Waals surface area contributed by atoms with E-state index in [2.05, 4.69) is 20.7 Å². The summed E-state index contributed by atoms with van der Waals surface area (Å²) in [5.74, 6) is -0.699. The minimum Gasteiger partial charge on any atom is -0.490 e. The lowest BCUT2D eigenvalue weighted by Crippen LogP contribution is -2.21. The standard InChI is InChI=1S/C17H15FN6O4/c1-10-6-14(24(26)27)15(28-2)8-13(10)19-16(25)9-23-21-17(20-22-23)11-4-3-5-12(18)7-11/h3-8H,9H2,1-2H3,(H,19,25). The lowest BCUT2D eigenvalue weighted by atomic mass is 10.1. The number of nitro groups is 1. The minimum absolute atomic E-state index is 0.0261. The number of amides is 1. The molecule has 0 unspecified atom stereocenters. The largest absolute Gasteiger partial charge is 0.490 e. The van der Waals surface area contributed by atoms with Crippen LogP contribution >= 0.6 is 0 Å². The Bertz CT molecular complexity index is 1050. The van der Waals surface area contributed by atoms with Crippen LogP contribution in [0.3, 0.4) is 0 Å². The van der Waals surface area contributed by atoms with E-state index in [-0.39, 0.29) is 23.8 Å². The van der Waals surface area contributed by atoms with Crippen molar-refractivity contribution in [2.24, 2.45) is 0 Å². The number of hydrogen-bond acceptors (Lipinski definition) is 7. The summed E-state index contributed by atoms with van der Waals surface area (Å²) < 4.78 is 18.3. The number of nitrogens with zero attached hydrogens (tertiary/aromatic N) is 5. The number of methoxy groups -OCH3 is 1. The fourth-order valence-electron chi connectivity index (χ4n) is 2.49. The van der Waals surface area contributed by atoms with Crippen LogP contribution in [0.1, 0.15) is 5.56 Å². The van der Waals surface area contributed by atoms with Gasteiger partial charge in [0.05, 0.1) is 12.0 Å². The molecule has 0 saturated heterocycles. The number of hydrogen-bond donors (Lipinski definition) is 1. The number of aromatic nitrogens is 4. The van der Waals surface area contributed by atoms with Crippen LogP contribution in [0.5, 0.6) is 5.75 Å². The van der Waals surface area contributed by atoms with E-state index in [9.17, 15) is 19.3 Å². The van der Waals surface area contributed by atoms with Crippen LogP contribution in [0.2, 0.25) is 0 Å². The van der Waals surface area contributed by atoms with E-state index >= 15 is 0 Å². The van der Waals surface area contributed by atoms with E-state index in [1.165, 1.54) is 37.4 Å². The molecule has 0 saturated carbocycles. The van der Waals surface area contributed by atoms with Crippen molar-refractivity contribution in [2.45, 2.75) is 13.5 Å². The summed E-state index contributed by atoms with van der Waals surface area (Å²) in [6.07, 6.45) is 0. The van der Waals surface area contributed by atoms with Gasteiger partial charge >= 0.3 is 5.69 Å². The summed E-state index contributed by atoms with van der Waals surface area (Å²) >= 11 is 0. The molecule has 0 aliphatic rings. The number of anilines is 1. The average molecular weight is 386 g/mol. The van der Waals surface area contributed by atoms with Crippen LogP contribution in [0.15, 0.2) is 36.4 Å². The zero-order valence-electron chi connectivity index (χ0n) is 14.9. The highest BCUT2D eigenvalue weighted by molar-refractivity contribution is 5.91. The molecule has 28 heavy (non-hydrogen) atoms. The molecular formula is C17H15FN6O4. The molecule has 1 N–H and O–H groups in total. The van der Waals surface area contributed by atoms with Crippen molar-refractivity contribution in [1.29, 1.82) is 0 Å². The quantitative estimate of drug-likeness (QED) is 0.509. The molecule has 0 spiro atoms. The maximum absolute atomic E-state index is 13.3. The molecule has 0 aliphatic carbocycles. The van der Waals surface area contributed by atoms with E-state index < -0.39 is 16.6 Å². The van der Waals surface area contributed by atoms with E-state index in [0.717, 1.165) is 4.80 Å². The van der Waals surface area contributed by atoms with Gasteiger partial charge in [-0.05, 0) is 29.8 Å². The first-order chi connectivity index (χ1) is 13.4. The normalized spacial score (nSPS) is 10.5. The number of carbonyl (C=O) groups is 1. The Hall–Kier alpha value is -3.89. The number of halogens is 1. The summed E-state index contributed by atoms with van der Waals surface area (Å²) in [5, 5.41) is 25.3. The Morgan fingerprint density at radius 3 is 2.82 bits per heavy atom. The van der Waals surface area contributed by atoms with Crippen molar-refractivity contribution in [2.75, 3.05) is 12.4 Å². The van der Waals surface area contributed by atoms with Crippen molar-refractivity contribution in [3.63, 3.8) is 0 Å². The third-order valence-corrected chi connectivity index (χ3v) is 3.82. The first kappa shape index (κ1) is 18.9. The third-order valence-electron chi connectivity index (χ3n) is 3.82. The highest BCUT2D eigenvalue weighted by atomic mass is 19.1. The van der Waals surface area contributed by atoms with Gasteiger partial charge in [-0.1, -0.05) is 12.1 Å². The van der Waals surface area contributed by atoms with E-state index in [1.807, 2.05) is 0 Å². The maximum atomic E-state index is 13.3. The second-order valence-corrected chi connectivity index (χ2v) is 5.80. The lowest BCUT2D eigenvalue weighted by Gasteiger charge is -2.10. The molecule has 1 heterocycles. The van der Waals surface area contributed by atoms with Gasteiger partial charge < -0.3 is 10.1 Å². The van der Waals surface area contributed by atoms with Crippen LogP contribution < -0.4 is 10.1 Å². The van der Waals surface area contributed by atoms with Crippen LogP contribution in [0, 0.1) is 22.9 Å². The van der Waals surface area contributed by atoms with Gasteiger partial charge in [-0.3, -0.25) is 14.9 Å². The number of benzene rings is 2. The Morgan fingerprint density at radius 2 is 2.14 bits per heavy atom. The van der Waals surface area contributed by atoms with Gasteiger partial charge in [0, 0.05) is 23.4 Å². The van der Waals surface area contributed by atoms with E-state index in [1.54, 1.807) is 13.0 Å². The lowest BCUT2D eigenvalue weighted by molar-refractivity contribution is -0.385. The molecule has 0 atom stereocenters. The second kappa shape index (κ2) is 7.78. The highest BCUT2D eigenvalue weighted by Gasteiger charge is 2.19. The summed E-state index contributed by atoms with van der Waals surface area (Å²) in [4.78, 5) is 23.8. The van der Waals surface area contributed by atoms with Gasteiger partial charge in [-0.15, -0.1) is 10.2 Å². The van der Waals surface area contributed by atoms with Crippen LogP contribution in [-0.2, 0) is 11.3 Å². The summed E-state index contributed by atoms with van der Waals surface area (Å²) in [7, 11) is 1.30. The zero-order chi connectivity index (χ0) is 20.3. The molecule has 3 rings (SSSR count). The van der Waals surface area contributed by atoms with Crippen molar-refractivity contribution in [3.05, 3.63) is 57.9 Å². The smallest absolute Gasteiger partial charge is 0.311 e. The molecule has 1 aromatic heterocycles. The van der Waals surface area contributed by atoms with Crippen LogP contribution in [0.25, 0.3) is 11.4 Å². The SMILES string of the molecule is COc1cc(NC(=O)Cn2nnc(-c3cccc(F)c3)n2)c(C)cc1[N+](=O)[O-]. The second-order valence-electron chi connectivity index (χ2n) is 5.80. The first-order valence-electron chi connectivity index (χ1n) is 8.04. The first-order valence-corrected chi connectivity index (χ1v) is 8.04. The molecular weight excluding hydrogens is 371 g/mol. The molecule has 0 fully saturated rings. The Kier molecular flexibility index (Phi) is 5.25. The van der Waals surface area contributed by atoms with Gasteiger partial charge in [-0.25, -0.2) is 4.39 Å². The predicted octanol–water partition coefficient (Wildman–Crippen LogP) is 2.34. The summed E-state index contributed by atoms with van der Waals surface area (Å²) in [5.41, 5.74) is 1.09. The topological polar surface area (TPSA) is 125 Å². The summed E-state index contributed by atoms with van der Waals surface area (Å²) in [6.45, 7) is 1.37. The van der Waals surface area contributed by atoms with Gasteiger partial charge in [0.1, 0.15) is 12.4 Å². The third kappa shape index (κ3) is 4.09. The molecule has 144 valence electrons. The molecule has 0 bridgehead atoms. The monoisotopic (exact) mass is 386 g/mol. The Labute approximate surface area is 158 Å². The fourth-order valence-corrected chi connectivity index (χ4v) is 2.49. The number of nitro benzene ring substituents is 1. The molecule has 0 radical (unpaired) electrons. The fraction of sp³-hybridized carbons (Fsp3) is 0.176. The maximum Gasteiger partial charge on any atom is 0.311 e. The van der Waals surface area contributed by atoms with Gasteiger partial charge in [0.2, 0.25) is 11.7 Å². The predicted molar refractivity (Wildman–Crippen MR) is 96.2 cm³/mol. The molecule has 2 aromatic carbocycles. The molecule has 0 aliphatic heterocycles. The number of rotatable bonds is 6. The number of nitrogens with one attached hydrogen (secondary N) is 1. The highest BCUT2D eigenvalue weighted by Crippen LogP contribution is 2.32. The Balaban J connectivity index is 1.74. The average Bonchev–Trinajstić information content (AvgIpc) is 3.11. The van der Waals surface area contributed by atoms with Crippen LogP contribution in [0.4, 0.5) is 15.8 Å².